The Morgan fingerprint density at radius 3 is 2.79 bits per heavy atom. The van der Waals surface area contributed by atoms with Gasteiger partial charge < -0.3 is 4.98 Å². The number of aromatic amines is 1. The van der Waals surface area contributed by atoms with Gasteiger partial charge in [0.05, 0.1) is 0 Å². The molecule has 0 atom stereocenters. The molecule has 6 heteroatoms. The van der Waals surface area contributed by atoms with E-state index < -0.39 is 5.69 Å². The highest BCUT2D eigenvalue weighted by Gasteiger charge is 2.03. The van der Waals surface area contributed by atoms with E-state index in [2.05, 4.69) is 15.0 Å². The average molecular weight is 192 g/mol. The zero-order chi connectivity index (χ0) is 10.3. The van der Waals surface area contributed by atoms with Gasteiger partial charge in [-0.25, -0.2) is 9.78 Å². The summed E-state index contributed by atoms with van der Waals surface area (Å²) >= 11 is 0. The zero-order valence-electron chi connectivity index (χ0n) is 7.74. The molecule has 0 spiro atoms. The summed E-state index contributed by atoms with van der Waals surface area (Å²) in [6.45, 7) is 1.60. The molecule has 0 aliphatic heterocycles. The number of nitrogens with zero attached hydrogens (tertiary/aromatic N) is 3. The molecular formula is C8H8N4O2. The summed E-state index contributed by atoms with van der Waals surface area (Å²) in [4.78, 5) is 32.5. The summed E-state index contributed by atoms with van der Waals surface area (Å²) in [6.07, 6.45) is 1.54. The van der Waals surface area contributed by atoms with Gasteiger partial charge in [-0.3, -0.25) is 9.36 Å². The van der Waals surface area contributed by atoms with Crippen molar-refractivity contribution in [1.82, 2.24) is 19.5 Å². The lowest BCUT2D eigenvalue weighted by Crippen LogP contribution is -2.22. The van der Waals surface area contributed by atoms with Crippen LogP contribution in [-0.2, 0) is 7.05 Å². The maximum absolute atomic E-state index is 11.2. The topological polar surface area (TPSA) is 80.6 Å². The van der Waals surface area contributed by atoms with Crippen LogP contribution in [0, 0.1) is 6.92 Å². The van der Waals surface area contributed by atoms with Gasteiger partial charge in [0.15, 0.2) is 5.65 Å². The molecule has 0 aromatic carbocycles. The number of aromatic nitrogens is 4. The quantitative estimate of drug-likeness (QED) is 0.600. The van der Waals surface area contributed by atoms with Crippen LogP contribution in [0.1, 0.15) is 5.69 Å². The predicted octanol–water partition coefficient (Wildman–Crippen LogP) is -0.675. The van der Waals surface area contributed by atoms with Crippen molar-refractivity contribution >= 4 is 11.2 Å². The number of rotatable bonds is 0. The van der Waals surface area contributed by atoms with E-state index in [-0.39, 0.29) is 11.2 Å². The van der Waals surface area contributed by atoms with Crippen molar-refractivity contribution in [2.24, 2.45) is 7.05 Å². The molecule has 0 amide bonds. The summed E-state index contributed by atoms with van der Waals surface area (Å²) < 4.78 is 1.31. The van der Waals surface area contributed by atoms with Gasteiger partial charge >= 0.3 is 5.69 Å². The van der Waals surface area contributed by atoms with Crippen molar-refractivity contribution in [3.05, 3.63) is 32.7 Å². The van der Waals surface area contributed by atoms with E-state index in [4.69, 9.17) is 0 Å². The summed E-state index contributed by atoms with van der Waals surface area (Å²) in [5.74, 6) is 0. The minimum absolute atomic E-state index is 0.226. The zero-order valence-corrected chi connectivity index (χ0v) is 7.74. The summed E-state index contributed by atoms with van der Waals surface area (Å²) in [5, 5.41) is 0. The Bertz CT molecular complexity index is 560. The molecule has 0 bridgehead atoms. The average Bonchev–Trinajstić information content (AvgIpc) is 2.11. The van der Waals surface area contributed by atoms with Crippen LogP contribution in [-0.4, -0.2) is 19.5 Å². The van der Waals surface area contributed by atoms with Crippen LogP contribution in [0.3, 0.4) is 0 Å². The number of nitrogens with one attached hydrogen (secondary N) is 1. The van der Waals surface area contributed by atoms with Gasteiger partial charge in [0, 0.05) is 13.2 Å². The monoisotopic (exact) mass is 192 g/mol. The van der Waals surface area contributed by atoms with Gasteiger partial charge in [-0.05, 0) is 6.92 Å². The lowest BCUT2D eigenvalue weighted by molar-refractivity contribution is 0.817. The van der Waals surface area contributed by atoms with Crippen LogP contribution < -0.4 is 11.2 Å². The van der Waals surface area contributed by atoms with E-state index in [0.717, 1.165) is 0 Å². The maximum Gasteiger partial charge on any atom is 0.349 e. The Balaban J connectivity index is 2.97. The highest BCUT2D eigenvalue weighted by Crippen LogP contribution is 1.98. The molecule has 0 fully saturated rings. The first-order chi connectivity index (χ1) is 6.58. The number of H-pyrrole nitrogens is 1. The molecule has 6 nitrogen and oxygen atoms in total. The Hall–Kier alpha value is -1.98. The number of hydrogen-bond acceptors (Lipinski definition) is 4. The van der Waals surface area contributed by atoms with Gasteiger partial charge in [-0.2, -0.15) is 4.98 Å². The number of hydrogen-bond donors (Lipinski definition) is 1. The fourth-order valence-electron chi connectivity index (χ4n) is 1.13. The van der Waals surface area contributed by atoms with E-state index in [0.29, 0.717) is 11.2 Å². The van der Waals surface area contributed by atoms with Gasteiger partial charge in [0.1, 0.15) is 11.2 Å². The first-order valence-corrected chi connectivity index (χ1v) is 4.02. The lowest BCUT2D eigenvalue weighted by Gasteiger charge is -1.99. The van der Waals surface area contributed by atoms with Crippen LogP contribution >= 0.6 is 0 Å². The molecule has 0 aliphatic rings. The third kappa shape index (κ3) is 1.20. The Kier molecular flexibility index (Phi) is 1.70. The van der Waals surface area contributed by atoms with Gasteiger partial charge in [-0.1, -0.05) is 0 Å². The Labute approximate surface area is 78.3 Å². The van der Waals surface area contributed by atoms with Gasteiger partial charge in [0.25, 0.3) is 5.56 Å². The smallest absolute Gasteiger partial charge is 0.303 e. The molecule has 2 aromatic rings. The van der Waals surface area contributed by atoms with Gasteiger partial charge in [-0.15, -0.1) is 0 Å². The van der Waals surface area contributed by atoms with Crippen LogP contribution in [0.15, 0.2) is 15.8 Å². The van der Waals surface area contributed by atoms with E-state index in [1.807, 2.05) is 0 Å². The third-order valence-corrected chi connectivity index (χ3v) is 1.92. The highest BCUT2D eigenvalue weighted by atomic mass is 16.1. The van der Waals surface area contributed by atoms with Crippen molar-refractivity contribution in [3.63, 3.8) is 0 Å². The van der Waals surface area contributed by atoms with E-state index in [1.54, 1.807) is 14.0 Å². The number of fused-ring (bicyclic) bond motifs is 1. The fraction of sp³-hybridized carbons (Fsp3) is 0.250. The van der Waals surface area contributed by atoms with E-state index in [1.165, 1.54) is 10.8 Å². The second kappa shape index (κ2) is 2.76. The number of aryl methyl sites for hydroxylation is 2. The largest absolute Gasteiger partial charge is 0.349 e. The third-order valence-electron chi connectivity index (χ3n) is 1.92. The second-order valence-electron chi connectivity index (χ2n) is 3.02. The molecule has 2 heterocycles. The normalized spacial score (nSPS) is 10.7. The minimum Gasteiger partial charge on any atom is -0.303 e. The summed E-state index contributed by atoms with van der Waals surface area (Å²) in [5.41, 5.74) is 0.350. The molecule has 0 unspecified atom stereocenters. The molecule has 0 aliphatic carbocycles. The lowest BCUT2D eigenvalue weighted by atomic mass is 10.4. The van der Waals surface area contributed by atoms with Crippen LogP contribution in [0.2, 0.25) is 0 Å². The molecular weight excluding hydrogens is 184 g/mol. The SMILES string of the molecule is Cc1nc2cn(C)c(=O)nc2[nH]c1=O. The van der Waals surface area contributed by atoms with Crippen molar-refractivity contribution in [3.8, 4) is 0 Å². The molecule has 1 N–H and O–H groups in total. The fourth-order valence-corrected chi connectivity index (χ4v) is 1.13. The van der Waals surface area contributed by atoms with Crippen LogP contribution in [0.5, 0.6) is 0 Å². The highest BCUT2D eigenvalue weighted by molar-refractivity contribution is 5.67. The summed E-state index contributed by atoms with van der Waals surface area (Å²) in [7, 11) is 1.58. The van der Waals surface area contributed by atoms with Crippen molar-refractivity contribution in [2.45, 2.75) is 6.92 Å². The van der Waals surface area contributed by atoms with Crippen LogP contribution in [0.25, 0.3) is 11.2 Å². The first kappa shape index (κ1) is 8.61. The first-order valence-electron chi connectivity index (χ1n) is 4.02. The predicted molar refractivity (Wildman–Crippen MR) is 50.1 cm³/mol. The maximum atomic E-state index is 11.2. The van der Waals surface area contributed by atoms with Gasteiger partial charge in [0.2, 0.25) is 0 Å². The van der Waals surface area contributed by atoms with Crippen LogP contribution in [0.4, 0.5) is 0 Å². The molecule has 14 heavy (non-hydrogen) atoms. The minimum atomic E-state index is -0.418. The van der Waals surface area contributed by atoms with E-state index in [9.17, 15) is 9.59 Å². The standard InChI is InChI=1S/C8H8N4O2/c1-4-7(13)10-6-5(9-4)3-12(2)8(14)11-6/h3H,1-2H3,(H,10,11,13,14). The Morgan fingerprint density at radius 2 is 2.07 bits per heavy atom. The van der Waals surface area contributed by atoms with Crippen molar-refractivity contribution < 1.29 is 0 Å². The molecule has 0 saturated carbocycles. The Morgan fingerprint density at radius 1 is 1.36 bits per heavy atom. The molecule has 2 aromatic heterocycles. The van der Waals surface area contributed by atoms with E-state index >= 15 is 0 Å². The summed E-state index contributed by atoms with van der Waals surface area (Å²) in [6, 6.07) is 0. The molecule has 2 rings (SSSR count). The molecule has 72 valence electrons. The molecule has 0 saturated heterocycles. The van der Waals surface area contributed by atoms with Crippen molar-refractivity contribution in [1.29, 1.82) is 0 Å². The second-order valence-corrected chi connectivity index (χ2v) is 3.02. The van der Waals surface area contributed by atoms with Crippen molar-refractivity contribution in [2.75, 3.05) is 0 Å². The molecule has 0 radical (unpaired) electrons.